The molecule has 0 aliphatic rings. The van der Waals surface area contributed by atoms with Gasteiger partial charge in [0.2, 0.25) is 0 Å². The summed E-state index contributed by atoms with van der Waals surface area (Å²) in [5, 5.41) is 0.630. The van der Waals surface area contributed by atoms with Crippen LogP contribution in [0, 0.1) is 5.82 Å². The fourth-order valence-corrected chi connectivity index (χ4v) is 2.70. The zero-order valence-electron chi connectivity index (χ0n) is 13.1. The van der Waals surface area contributed by atoms with Crippen LogP contribution in [0.2, 0.25) is 0 Å². The van der Waals surface area contributed by atoms with E-state index >= 15 is 0 Å². The van der Waals surface area contributed by atoms with Crippen molar-refractivity contribution >= 4 is 32.9 Å². The van der Waals surface area contributed by atoms with Crippen LogP contribution in [0.15, 0.2) is 45.9 Å². The molecule has 0 fully saturated rings. The molecule has 8 heteroatoms. The average molecular weight is 406 g/mol. The van der Waals surface area contributed by atoms with Gasteiger partial charge in [-0.2, -0.15) is 0 Å². The quantitative estimate of drug-likeness (QED) is 0.532. The van der Waals surface area contributed by atoms with Gasteiger partial charge in [0.15, 0.2) is 5.82 Å². The molecular formula is C17H13BrFN3O3. The van der Waals surface area contributed by atoms with Gasteiger partial charge in [0.25, 0.3) is 5.56 Å². The number of H-pyrrole nitrogens is 1. The summed E-state index contributed by atoms with van der Waals surface area (Å²) in [6.45, 7) is 1.67. The second-order valence-corrected chi connectivity index (χ2v) is 6.20. The van der Waals surface area contributed by atoms with E-state index in [0.29, 0.717) is 16.7 Å². The number of carbonyl (C=O) groups excluding carboxylic acids is 1. The highest BCUT2D eigenvalue weighted by atomic mass is 79.9. The van der Waals surface area contributed by atoms with Crippen LogP contribution in [0.25, 0.3) is 11.0 Å². The first-order chi connectivity index (χ1) is 11.9. The molecule has 0 bridgehead atoms. The maximum Gasteiger partial charge on any atom is 0.344 e. The minimum Gasteiger partial charge on any atom is -0.459 e. The average Bonchev–Trinajstić information content (AvgIpc) is 2.57. The zero-order chi connectivity index (χ0) is 18.0. The number of carbonyl (C=O) groups is 1. The lowest BCUT2D eigenvalue weighted by molar-refractivity contribution is 0.0339. The van der Waals surface area contributed by atoms with Gasteiger partial charge in [-0.3, -0.25) is 4.79 Å². The van der Waals surface area contributed by atoms with Crippen LogP contribution < -0.4 is 5.56 Å². The topological polar surface area (TPSA) is 84.9 Å². The Morgan fingerprint density at radius 3 is 2.96 bits per heavy atom. The second-order valence-electron chi connectivity index (χ2n) is 5.45. The van der Waals surface area contributed by atoms with Gasteiger partial charge in [0.05, 0.1) is 0 Å². The summed E-state index contributed by atoms with van der Waals surface area (Å²) in [6, 6.07) is 7.68. The number of hydrogen-bond donors (Lipinski definition) is 1. The summed E-state index contributed by atoms with van der Waals surface area (Å²) in [5.41, 5.74) is 0.300. The lowest BCUT2D eigenvalue weighted by Crippen LogP contribution is -2.24. The molecule has 0 aliphatic carbocycles. The molecule has 3 rings (SSSR count). The van der Waals surface area contributed by atoms with Gasteiger partial charge in [-0.15, -0.1) is 0 Å². The molecule has 25 heavy (non-hydrogen) atoms. The predicted octanol–water partition coefficient (Wildman–Crippen LogP) is 3.01. The summed E-state index contributed by atoms with van der Waals surface area (Å²) in [5.74, 6) is -1.20. The van der Waals surface area contributed by atoms with E-state index in [1.165, 1.54) is 18.2 Å². The number of aromatic nitrogens is 3. The molecule has 0 amide bonds. The third kappa shape index (κ3) is 3.90. The summed E-state index contributed by atoms with van der Waals surface area (Å²) < 4.78 is 18.6. The van der Waals surface area contributed by atoms with E-state index in [-0.39, 0.29) is 16.6 Å². The number of aromatic amines is 1. The Bertz CT molecular complexity index is 1010. The Hall–Kier alpha value is -2.61. The number of halogens is 2. The van der Waals surface area contributed by atoms with Crippen molar-refractivity contribution in [3.8, 4) is 0 Å². The number of hydrogen-bond acceptors (Lipinski definition) is 5. The van der Waals surface area contributed by atoms with E-state index in [9.17, 15) is 14.0 Å². The van der Waals surface area contributed by atoms with Crippen LogP contribution in [0.3, 0.4) is 0 Å². The number of nitrogens with zero attached hydrogens (tertiary/aromatic N) is 2. The van der Waals surface area contributed by atoms with Crippen LogP contribution in [0.5, 0.6) is 0 Å². The minimum atomic E-state index is -0.735. The third-order valence-corrected chi connectivity index (χ3v) is 4.06. The molecule has 3 heterocycles. The van der Waals surface area contributed by atoms with Gasteiger partial charge < -0.3 is 9.72 Å². The van der Waals surface area contributed by atoms with E-state index in [0.717, 1.165) is 0 Å². The van der Waals surface area contributed by atoms with Gasteiger partial charge in [-0.25, -0.2) is 19.2 Å². The van der Waals surface area contributed by atoms with Crippen LogP contribution in [0.4, 0.5) is 4.39 Å². The fraction of sp³-hybridized carbons (Fsp3) is 0.176. The Labute approximate surface area is 150 Å². The second kappa shape index (κ2) is 7.10. The maximum absolute atomic E-state index is 13.2. The molecule has 6 nitrogen and oxygen atoms in total. The van der Waals surface area contributed by atoms with E-state index in [1.807, 2.05) is 0 Å². The highest BCUT2D eigenvalue weighted by molar-refractivity contribution is 9.10. The van der Waals surface area contributed by atoms with Gasteiger partial charge in [-0.1, -0.05) is 0 Å². The molecule has 128 valence electrons. The number of rotatable bonds is 4. The molecule has 3 aromatic rings. The first-order valence-corrected chi connectivity index (χ1v) is 8.23. The largest absolute Gasteiger partial charge is 0.459 e. The number of esters is 1. The maximum atomic E-state index is 13.2. The molecule has 0 aromatic carbocycles. The fourth-order valence-electron chi connectivity index (χ4n) is 2.34. The van der Waals surface area contributed by atoms with Crippen molar-refractivity contribution in [1.82, 2.24) is 15.0 Å². The normalized spacial score (nSPS) is 12.1. The van der Waals surface area contributed by atoms with Crippen molar-refractivity contribution in [3.05, 3.63) is 68.6 Å². The number of ether oxygens (including phenoxy) is 1. The first-order valence-electron chi connectivity index (χ1n) is 7.44. The molecule has 0 saturated carbocycles. The standard InChI is InChI=1S/C17H13BrFN3O3/c1-9(7-11-4-5-13(19)14(18)21-11)25-17(24)12-8-10-3-2-6-20-15(10)22-16(12)23/h2-6,8-9H,7H2,1H3,(H,20,22,23). The Morgan fingerprint density at radius 2 is 2.20 bits per heavy atom. The molecule has 0 saturated heterocycles. The van der Waals surface area contributed by atoms with Crippen LogP contribution in [-0.2, 0) is 11.2 Å². The lowest BCUT2D eigenvalue weighted by atomic mass is 10.2. The molecule has 0 radical (unpaired) electrons. The summed E-state index contributed by atoms with van der Waals surface area (Å²) >= 11 is 3.01. The zero-order valence-corrected chi connectivity index (χ0v) is 14.7. The van der Waals surface area contributed by atoms with Crippen molar-refractivity contribution in [2.24, 2.45) is 0 Å². The van der Waals surface area contributed by atoms with Crippen molar-refractivity contribution < 1.29 is 13.9 Å². The van der Waals surface area contributed by atoms with Gasteiger partial charge >= 0.3 is 5.97 Å². The van der Waals surface area contributed by atoms with E-state index < -0.39 is 23.4 Å². The smallest absolute Gasteiger partial charge is 0.344 e. The first kappa shape index (κ1) is 17.2. The number of pyridine rings is 3. The third-order valence-electron chi connectivity index (χ3n) is 3.50. The van der Waals surface area contributed by atoms with Crippen molar-refractivity contribution in [3.63, 3.8) is 0 Å². The van der Waals surface area contributed by atoms with E-state index in [2.05, 4.69) is 30.9 Å². The minimum absolute atomic E-state index is 0.0967. The van der Waals surface area contributed by atoms with Crippen LogP contribution in [0.1, 0.15) is 23.0 Å². The van der Waals surface area contributed by atoms with E-state index in [1.54, 1.807) is 25.3 Å². The summed E-state index contributed by atoms with van der Waals surface area (Å²) in [4.78, 5) is 34.9. The van der Waals surface area contributed by atoms with Gasteiger partial charge in [-0.05, 0) is 53.2 Å². The van der Waals surface area contributed by atoms with Crippen LogP contribution >= 0.6 is 15.9 Å². The molecule has 0 aliphatic heterocycles. The predicted molar refractivity (Wildman–Crippen MR) is 92.8 cm³/mol. The monoisotopic (exact) mass is 405 g/mol. The molecule has 1 N–H and O–H groups in total. The molecular weight excluding hydrogens is 393 g/mol. The molecule has 1 unspecified atom stereocenters. The molecule has 1 atom stereocenters. The highest BCUT2D eigenvalue weighted by Crippen LogP contribution is 2.15. The Kier molecular flexibility index (Phi) is 4.89. The van der Waals surface area contributed by atoms with Gasteiger partial charge in [0, 0.05) is 23.7 Å². The summed E-state index contributed by atoms with van der Waals surface area (Å²) in [7, 11) is 0. The van der Waals surface area contributed by atoms with Crippen molar-refractivity contribution in [2.45, 2.75) is 19.4 Å². The SMILES string of the molecule is CC(Cc1ccc(F)c(Br)n1)OC(=O)c1cc2cccnc2[nH]c1=O. The van der Waals surface area contributed by atoms with Crippen molar-refractivity contribution in [1.29, 1.82) is 0 Å². The summed E-state index contributed by atoms with van der Waals surface area (Å²) in [6.07, 6.45) is 1.30. The van der Waals surface area contributed by atoms with Crippen molar-refractivity contribution in [2.75, 3.05) is 0 Å². The highest BCUT2D eigenvalue weighted by Gasteiger charge is 2.17. The lowest BCUT2D eigenvalue weighted by Gasteiger charge is -2.13. The van der Waals surface area contributed by atoms with Gasteiger partial charge in [0.1, 0.15) is 21.9 Å². The van der Waals surface area contributed by atoms with E-state index in [4.69, 9.17) is 4.74 Å². The number of nitrogens with one attached hydrogen (secondary N) is 1. The number of fused-ring (bicyclic) bond motifs is 1. The molecule has 3 aromatic heterocycles. The van der Waals surface area contributed by atoms with Crippen LogP contribution in [-0.4, -0.2) is 27.0 Å². The Balaban J connectivity index is 1.76. The Morgan fingerprint density at radius 1 is 1.40 bits per heavy atom. The molecule has 0 spiro atoms.